The zero-order valence-corrected chi connectivity index (χ0v) is 13.7. The van der Waals surface area contributed by atoms with E-state index >= 15 is 0 Å². The van der Waals surface area contributed by atoms with Crippen LogP contribution in [0.2, 0.25) is 0 Å². The Hall–Kier alpha value is -2.52. The lowest BCUT2D eigenvalue weighted by Gasteiger charge is -2.13. The Bertz CT molecular complexity index is 733. The highest BCUT2D eigenvalue weighted by molar-refractivity contribution is 6.00. The maximum atomic E-state index is 13.1. The van der Waals surface area contributed by atoms with Gasteiger partial charge in [-0.25, -0.2) is 4.79 Å². The van der Waals surface area contributed by atoms with Gasteiger partial charge in [0.2, 0.25) is 0 Å². The molecule has 7 nitrogen and oxygen atoms in total. The van der Waals surface area contributed by atoms with E-state index in [-0.39, 0.29) is 12.5 Å². The molecular formula is C14H18F3N5O2. The Morgan fingerprint density at radius 1 is 1.38 bits per heavy atom. The molecule has 2 aromatic rings. The minimum atomic E-state index is -4.63. The normalized spacial score (nSPS) is 11.8. The molecule has 24 heavy (non-hydrogen) atoms. The Labute approximate surface area is 136 Å². The zero-order chi connectivity index (χ0) is 18.1. The van der Waals surface area contributed by atoms with Crippen LogP contribution in [0.4, 0.5) is 29.3 Å². The molecule has 2 N–H and O–H groups in total. The van der Waals surface area contributed by atoms with Gasteiger partial charge in [-0.1, -0.05) is 19.0 Å². The van der Waals surface area contributed by atoms with Crippen LogP contribution in [-0.4, -0.2) is 21.0 Å². The highest BCUT2D eigenvalue weighted by Gasteiger charge is 2.38. The fourth-order valence-corrected chi connectivity index (χ4v) is 2.22. The van der Waals surface area contributed by atoms with E-state index in [1.807, 2.05) is 13.8 Å². The molecule has 0 fully saturated rings. The van der Waals surface area contributed by atoms with Gasteiger partial charge in [-0.2, -0.15) is 18.3 Å². The van der Waals surface area contributed by atoms with Crippen LogP contribution in [0.5, 0.6) is 0 Å². The fourth-order valence-electron chi connectivity index (χ4n) is 2.22. The number of nitrogens with zero attached hydrogens (tertiary/aromatic N) is 3. The molecule has 0 unspecified atom stereocenters. The molecule has 2 aromatic heterocycles. The second-order valence-corrected chi connectivity index (χ2v) is 5.46. The Kier molecular flexibility index (Phi) is 4.86. The third-order valence-corrected chi connectivity index (χ3v) is 3.31. The topological polar surface area (TPSA) is 85.0 Å². The summed E-state index contributed by atoms with van der Waals surface area (Å²) >= 11 is 0. The standard InChI is InChI=1S/C14H18F3N5O2/c1-5-22-12(14(15,16)17)9(6-18-22)19-13(23)20-10-8(4)21-24-11(10)7(2)3/h6-7H,5H2,1-4H3,(H2,19,20,23). The van der Waals surface area contributed by atoms with Crippen molar-refractivity contribution in [2.24, 2.45) is 0 Å². The van der Waals surface area contributed by atoms with Gasteiger partial charge < -0.3 is 15.2 Å². The summed E-state index contributed by atoms with van der Waals surface area (Å²) in [4.78, 5) is 12.1. The van der Waals surface area contributed by atoms with Gasteiger partial charge in [-0.05, 0) is 13.8 Å². The molecule has 0 aliphatic carbocycles. The molecule has 0 saturated carbocycles. The van der Waals surface area contributed by atoms with E-state index in [1.54, 1.807) is 6.92 Å². The molecule has 0 spiro atoms. The van der Waals surface area contributed by atoms with Crippen LogP contribution in [0, 0.1) is 6.92 Å². The van der Waals surface area contributed by atoms with Crippen molar-refractivity contribution in [3.63, 3.8) is 0 Å². The maximum absolute atomic E-state index is 13.1. The monoisotopic (exact) mass is 345 g/mol. The van der Waals surface area contributed by atoms with Crippen molar-refractivity contribution in [2.45, 2.75) is 46.3 Å². The number of alkyl halides is 3. The predicted molar refractivity (Wildman–Crippen MR) is 80.9 cm³/mol. The number of hydrogen-bond donors (Lipinski definition) is 2. The van der Waals surface area contributed by atoms with Crippen molar-refractivity contribution in [1.29, 1.82) is 0 Å². The van der Waals surface area contributed by atoms with Crippen LogP contribution in [0.3, 0.4) is 0 Å². The third kappa shape index (κ3) is 3.52. The van der Waals surface area contributed by atoms with Gasteiger partial charge in [-0.15, -0.1) is 0 Å². The minimum absolute atomic E-state index is 0.0282. The second-order valence-electron chi connectivity index (χ2n) is 5.46. The van der Waals surface area contributed by atoms with Crippen molar-refractivity contribution in [1.82, 2.24) is 14.9 Å². The average molecular weight is 345 g/mol. The molecule has 2 amide bonds. The van der Waals surface area contributed by atoms with Gasteiger partial charge in [0.1, 0.15) is 11.4 Å². The van der Waals surface area contributed by atoms with Gasteiger partial charge in [-0.3, -0.25) is 4.68 Å². The average Bonchev–Trinajstić information content (AvgIpc) is 3.03. The van der Waals surface area contributed by atoms with Crippen LogP contribution in [0.15, 0.2) is 10.7 Å². The van der Waals surface area contributed by atoms with E-state index in [0.717, 1.165) is 10.9 Å². The van der Waals surface area contributed by atoms with Gasteiger partial charge in [0.25, 0.3) is 0 Å². The first kappa shape index (κ1) is 17.8. The summed E-state index contributed by atoms with van der Waals surface area (Å²) in [5, 5.41) is 12.1. The van der Waals surface area contributed by atoms with Crippen LogP contribution in [-0.2, 0) is 12.7 Å². The van der Waals surface area contributed by atoms with E-state index in [2.05, 4.69) is 20.9 Å². The van der Waals surface area contributed by atoms with Crippen molar-refractivity contribution in [3.05, 3.63) is 23.3 Å². The van der Waals surface area contributed by atoms with Gasteiger partial charge in [0.05, 0.1) is 11.9 Å². The number of aromatic nitrogens is 3. The number of nitrogens with one attached hydrogen (secondary N) is 2. The fraction of sp³-hybridized carbons (Fsp3) is 0.500. The smallest absolute Gasteiger partial charge is 0.359 e. The molecule has 2 heterocycles. The summed E-state index contributed by atoms with van der Waals surface area (Å²) in [7, 11) is 0. The van der Waals surface area contributed by atoms with Crippen molar-refractivity contribution in [3.8, 4) is 0 Å². The second kappa shape index (κ2) is 6.54. The SMILES string of the molecule is CCn1ncc(NC(=O)Nc2c(C)noc2C(C)C)c1C(F)(F)F. The molecule has 10 heteroatoms. The zero-order valence-electron chi connectivity index (χ0n) is 13.7. The quantitative estimate of drug-likeness (QED) is 0.877. The number of halogens is 3. The van der Waals surface area contributed by atoms with E-state index in [0.29, 0.717) is 17.1 Å². The van der Waals surface area contributed by atoms with Gasteiger partial charge >= 0.3 is 12.2 Å². The summed E-state index contributed by atoms with van der Waals surface area (Å²) in [5.74, 6) is 0.401. The lowest BCUT2D eigenvalue weighted by atomic mass is 10.1. The highest BCUT2D eigenvalue weighted by atomic mass is 19.4. The summed E-state index contributed by atoms with van der Waals surface area (Å²) < 4.78 is 45.3. The number of aryl methyl sites for hydroxylation is 2. The molecule has 0 atom stereocenters. The number of urea groups is 1. The lowest BCUT2D eigenvalue weighted by molar-refractivity contribution is -0.143. The highest BCUT2D eigenvalue weighted by Crippen LogP contribution is 2.35. The van der Waals surface area contributed by atoms with E-state index in [1.165, 1.54) is 6.92 Å². The maximum Gasteiger partial charge on any atom is 0.435 e. The number of rotatable bonds is 4. The van der Waals surface area contributed by atoms with Crippen LogP contribution in [0.1, 0.15) is 43.8 Å². The Balaban J connectivity index is 2.23. The van der Waals surface area contributed by atoms with Crippen LogP contribution < -0.4 is 10.6 Å². The summed E-state index contributed by atoms with van der Waals surface area (Å²) in [5.41, 5.74) is -0.638. The molecule has 0 radical (unpaired) electrons. The summed E-state index contributed by atoms with van der Waals surface area (Å²) in [6, 6.07) is -0.829. The van der Waals surface area contributed by atoms with Gasteiger partial charge in [0, 0.05) is 12.5 Å². The van der Waals surface area contributed by atoms with Crippen LogP contribution >= 0.6 is 0 Å². The Morgan fingerprint density at radius 3 is 2.58 bits per heavy atom. The summed E-state index contributed by atoms with van der Waals surface area (Å²) in [6.45, 7) is 6.87. The van der Waals surface area contributed by atoms with E-state index in [9.17, 15) is 18.0 Å². The number of carbonyl (C=O) groups is 1. The lowest BCUT2D eigenvalue weighted by Crippen LogP contribution is -2.23. The molecule has 2 rings (SSSR count). The molecule has 132 valence electrons. The molecule has 0 saturated heterocycles. The van der Waals surface area contributed by atoms with Gasteiger partial charge in [0.15, 0.2) is 11.5 Å². The number of amides is 2. The Morgan fingerprint density at radius 2 is 2.04 bits per heavy atom. The van der Waals surface area contributed by atoms with Crippen molar-refractivity contribution in [2.75, 3.05) is 10.6 Å². The molecular weight excluding hydrogens is 327 g/mol. The van der Waals surface area contributed by atoms with E-state index < -0.39 is 23.6 Å². The predicted octanol–water partition coefficient (Wildman–Crippen LogP) is 3.99. The largest absolute Gasteiger partial charge is 0.435 e. The first-order chi connectivity index (χ1) is 11.1. The van der Waals surface area contributed by atoms with E-state index in [4.69, 9.17) is 4.52 Å². The third-order valence-electron chi connectivity index (χ3n) is 3.31. The molecule has 0 aromatic carbocycles. The first-order valence-corrected chi connectivity index (χ1v) is 7.32. The number of hydrogen-bond acceptors (Lipinski definition) is 4. The molecule has 0 bridgehead atoms. The first-order valence-electron chi connectivity index (χ1n) is 7.32. The van der Waals surface area contributed by atoms with Crippen molar-refractivity contribution < 1.29 is 22.5 Å². The number of anilines is 2. The van der Waals surface area contributed by atoms with Crippen molar-refractivity contribution >= 4 is 17.4 Å². The molecule has 0 aliphatic rings. The minimum Gasteiger partial charge on any atom is -0.359 e. The summed E-state index contributed by atoms with van der Waals surface area (Å²) in [6.07, 6.45) is -3.67. The number of carbonyl (C=O) groups excluding carboxylic acids is 1. The van der Waals surface area contributed by atoms with Crippen LogP contribution in [0.25, 0.3) is 0 Å². The molecule has 0 aliphatic heterocycles.